The number of para-hydroxylation sites is 1. The molecule has 10 heteroatoms. The summed E-state index contributed by atoms with van der Waals surface area (Å²) in [5, 5.41) is 10.9. The lowest BCUT2D eigenvalue weighted by atomic mass is 9.70. The van der Waals surface area contributed by atoms with E-state index < -0.39 is 45.7 Å². The Labute approximate surface area is 171 Å². The Morgan fingerprint density at radius 2 is 1.48 bits per heavy atom. The topological polar surface area (TPSA) is 43.6 Å². The summed E-state index contributed by atoms with van der Waals surface area (Å²) in [4.78, 5) is 0. The number of benzene rings is 2. The summed E-state index contributed by atoms with van der Waals surface area (Å²) in [7, 11) is 0. The molecule has 0 radical (unpaired) electrons. The van der Waals surface area contributed by atoms with E-state index >= 15 is 0 Å². The molecule has 1 aromatic heterocycles. The number of hydrogen-bond acceptors (Lipinski definition) is 4. The highest BCUT2D eigenvalue weighted by molar-refractivity contribution is 8.00. The Kier molecular flexibility index (Phi) is 4.40. The van der Waals surface area contributed by atoms with Crippen molar-refractivity contribution in [2.45, 2.75) is 27.6 Å². The van der Waals surface area contributed by atoms with E-state index in [1.165, 1.54) is 16.4 Å². The average Bonchev–Trinajstić information content (AvgIpc) is 3.21. The molecule has 0 spiro atoms. The van der Waals surface area contributed by atoms with Gasteiger partial charge >= 0.3 is 0 Å². The van der Waals surface area contributed by atoms with Crippen molar-refractivity contribution in [2.75, 3.05) is 0 Å². The summed E-state index contributed by atoms with van der Waals surface area (Å²) >= 11 is 7.77. The number of fused-ring (bicyclic) bond motifs is 1. The monoisotopic (exact) mass is 438 g/mol. The molecule has 0 amide bonds. The molecule has 3 aliphatic carbocycles. The van der Waals surface area contributed by atoms with Crippen molar-refractivity contribution in [2.24, 2.45) is 0 Å². The molecule has 0 unspecified atom stereocenters. The second-order valence-electron chi connectivity index (χ2n) is 6.76. The van der Waals surface area contributed by atoms with E-state index in [1.54, 1.807) is 12.2 Å². The summed E-state index contributed by atoms with van der Waals surface area (Å²) in [6.07, 6.45) is 3.27. The van der Waals surface area contributed by atoms with Crippen molar-refractivity contribution in [3.8, 4) is 5.69 Å². The fourth-order valence-electron chi connectivity index (χ4n) is 3.93. The molecule has 0 aliphatic heterocycles. The molecule has 6 rings (SSSR count). The maximum atomic E-state index is 14.6. The Balaban J connectivity index is 1.57. The van der Waals surface area contributed by atoms with Crippen LogP contribution in [-0.2, 0) is 0 Å². The van der Waals surface area contributed by atoms with Gasteiger partial charge in [0.2, 0.25) is 5.16 Å². The first-order valence-corrected chi connectivity index (χ1v) is 9.99. The van der Waals surface area contributed by atoms with E-state index in [2.05, 4.69) is 15.5 Å². The lowest BCUT2D eigenvalue weighted by Crippen LogP contribution is -2.40. The second-order valence-corrected chi connectivity index (χ2v) is 8.40. The number of halogens is 5. The van der Waals surface area contributed by atoms with Gasteiger partial charge in [0.1, 0.15) is 0 Å². The van der Waals surface area contributed by atoms with Gasteiger partial charge in [-0.3, -0.25) is 0 Å². The van der Waals surface area contributed by atoms with Crippen LogP contribution >= 0.6 is 23.4 Å². The minimum Gasteiger partial charge on any atom is -0.203 e. The van der Waals surface area contributed by atoms with Crippen LogP contribution in [0.25, 0.3) is 5.69 Å². The van der Waals surface area contributed by atoms with Gasteiger partial charge in [0, 0.05) is 28.2 Å². The summed E-state index contributed by atoms with van der Waals surface area (Å²) in [6, 6.07) is 9.13. The van der Waals surface area contributed by atoms with Gasteiger partial charge in [0.05, 0.1) is 11.1 Å². The molecule has 2 aromatic carbocycles. The fraction of sp³-hybridized carbons (Fsp3) is 0.211. The number of thioether (sulfide) groups is 1. The second kappa shape index (κ2) is 6.84. The normalized spacial score (nSPS) is 24.7. The first kappa shape index (κ1) is 18.6. The zero-order valence-electron chi connectivity index (χ0n) is 14.4. The van der Waals surface area contributed by atoms with Crippen LogP contribution in [0.4, 0.5) is 17.6 Å². The molecule has 4 atom stereocenters. The van der Waals surface area contributed by atoms with Crippen LogP contribution in [0.15, 0.2) is 47.6 Å². The highest BCUT2D eigenvalue weighted by atomic mass is 35.5. The van der Waals surface area contributed by atoms with Gasteiger partial charge in [-0.1, -0.05) is 42.1 Å². The molecule has 0 saturated heterocycles. The van der Waals surface area contributed by atoms with E-state index in [4.69, 9.17) is 11.6 Å². The third-order valence-electron chi connectivity index (χ3n) is 5.23. The molecule has 3 aromatic rings. The van der Waals surface area contributed by atoms with Crippen LogP contribution in [0, 0.1) is 23.3 Å². The van der Waals surface area contributed by atoms with E-state index in [0.29, 0.717) is 10.8 Å². The van der Waals surface area contributed by atoms with E-state index in [9.17, 15) is 17.6 Å². The first-order chi connectivity index (χ1) is 14.0. The van der Waals surface area contributed by atoms with Crippen LogP contribution in [0.2, 0.25) is 0 Å². The summed E-state index contributed by atoms with van der Waals surface area (Å²) < 4.78 is 58.2. The molecule has 4 nitrogen and oxygen atoms in total. The van der Waals surface area contributed by atoms with Crippen molar-refractivity contribution in [1.82, 2.24) is 20.2 Å². The molecule has 148 valence electrons. The first-order valence-electron chi connectivity index (χ1n) is 8.67. The number of allylic oxidation sites excluding steroid dienone is 2. The van der Waals surface area contributed by atoms with Gasteiger partial charge in [-0.05, 0) is 22.6 Å². The van der Waals surface area contributed by atoms with Crippen molar-refractivity contribution in [3.63, 3.8) is 0 Å². The predicted octanol–water partition coefficient (Wildman–Crippen LogP) is 4.74. The van der Waals surface area contributed by atoms with Crippen molar-refractivity contribution >= 4 is 23.4 Å². The van der Waals surface area contributed by atoms with Gasteiger partial charge in [0.15, 0.2) is 23.3 Å². The van der Waals surface area contributed by atoms with Gasteiger partial charge in [0.25, 0.3) is 0 Å². The molecule has 1 heterocycles. The van der Waals surface area contributed by atoms with Crippen LogP contribution in [0.5, 0.6) is 0 Å². The predicted molar refractivity (Wildman–Crippen MR) is 99.3 cm³/mol. The summed E-state index contributed by atoms with van der Waals surface area (Å²) in [5.74, 6) is -7.95. The van der Waals surface area contributed by atoms with Crippen LogP contribution < -0.4 is 0 Å². The quantitative estimate of drug-likeness (QED) is 0.195. The summed E-state index contributed by atoms with van der Waals surface area (Å²) in [5.41, 5.74) is 0.309. The largest absolute Gasteiger partial charge is 0.214 e. The molecular weight excluding hydrogens is 428 g/mol. The number of hydrogen-bond donors (Lipinski definition) is 0. The van der Waals surface area contributed by atoms with Gasteiger partial charge in [-0.2, -0.15) is 4.68 Å². The number of tetrazole rings is 1. The third kappa shape index (κ3) is 2.71. The molecule has 29 heavy (non-hydrogen) atoms. The van der Waals surface area contributed by atoms with Crippen LogP contribution in [0.3, 0.4) is 0 Å². The molecule has 2 bridgehead atoms. The molecule has 3 aliphatic rings. The summed E-state index contributed by atoms with van der Waals surface area (Å²) in [6.45, 7) is 0. The number of aromatic nitrogens is 4. The van der Waals surface area contributed by atoms with E-state index in [-0.39, 0.29) is 11.1 Å². The fourth-order valence-corrected chi connectivity index (χ4v) is 5.70. The van der Waals surface area contributed by atoms with E-state index in [1.807, 2.05) is 30.3 Å². The number of nitrogens with zero attached hydrogens (tertiary/aromatic N) is 4. The minimum atomic E-state index is -1.82. The Bertz CT molecular complexity index is 1140. The van der Waals surface area contributed by atoms with Crippen LogP contribution in [-0.4, -0.2) is 30.8 Å². The Morgan fingerprint density at radius 1 is 0.862 bits per heavy atom. The third-order valence-corrected chi connectivity index (χ3v) is 7.24. The molecular formula is C19H11ClF4N4S. The van der Waals surface area contributed by atoms with E-state index in [0.717, 1.165) is 0 Å². The maximum absolute atomic E-state index is 14.6. The van der Waals surface area contributed by atoms with Gasteiger partial charge in [-0.15, -0.1) is 16.7 Å². The van der Waals surface area contributed by atoms with Crippen LogP contribution in [0.1, 0.15) is 23.0 Å². The number of rotatable bonds is 3. The Hall–Kier alpha value is -2.39. The molecule has 0 saturated carbocycles. The van der Waals surface area contributed by atoms with Crippen molar-refractivity contribution in [1.29, 1.82) is 0 Å². The SMILES string of the molecule is Fc1c(F)c(F)c2c(c1F)[C@H]1C=C[C@@H]2[C@@H](Cl)[C@H]1Sc1nnnn1-c1ccccc1. The maximum Gasteiger partial charge on any atom is 0.214 e. The average molecular weight is 439 g/mol. The zero-order chi connectivity index (χ0) is 20.3. The van der Waals surface area contributed by atoms with Gasteiger partial charge < -0.3 is 0 Å². The van der Waals surface area contributed by atoms with Crippen molar-refractivity contribution < 1.29 is 17.6 Å². The highest BCUT2D eigenvalue weighted by Crippen LogP contribution is 2.54. The minimum absolute atomic E-state index is 0.193. The lowest BCUT2D eigenvalue weighted by molar-refractivity contribution is 0.381. The number of alkyl halides is 1. The highest BCUT2D eigenvalue weighted by Gasteiger charge is 2.49. The standard InChI is InChI=1S/C19H11ClF4N4S/c20-13-9-6-7-10(12-11(9)14(21)16(23)17(24)15(12)22)18(13)29-19-25-26-27-28(19)8-4-2-1-3-5-8/h1-7,9-10,13,18H/t9-,10+,13+,18-/m0/s1. The smallest absolute Gasteiger partial charge is 0.203 e. The molecule has 0 fully saturated rings. The Morgan fingerprint density at radius 3 is 2.17 bits per heavy atom. The lowest BCUT2D eigenvalue weighted by Gasteiger charge is -2.43. The van der Waals surface area contributed by atoms with Gasteiger partial charge in [-0.25, -0.2) is 17.6 Å². The zero-order valence-corrected chi connectivity index (χ0v) is 16.0. The molecule has 0 N–H and O–H groups in total. The van der Waals surface area contributed by atoms with Crippen molar-refractivity contribution in [3.05, 3.63) is 76.9 Å².